The molecule has 0 aromatic heterocycles. The first-order valence-electron chi connectivity index (χ1n) is 10.2. The molecule has 0 heterocycles. The predicted molar refractivity (Wildman–Crippen MR) is 122 cm³/mol. The molecule has 2 N–H and O–H groups in total. The van der Waals surface area contributed by atoms with E-state index in [1.165, 1.54) is 49.4 Å². The van der Waals surface area contributed by atoms with Gasteiger partial charge in [0.05, 0.1) is 16.1 Å². The van der Waals surface area contributed by atoms with Crippen LogP contribution in [0, 0.1) is 18.6 Å². The van der Waals surface area contributed by atoms with Crippen molar-refractivity contribution in [3.63, 3.8) is 0 Å². The van der Waals surface area contributed by atoms with E-state index in [9.17, 15) is 26.8 Å². The van der Waals surface area contributed by atoms with Crippen molar-refractivity contribution in [1.82, 2.24) is 5.32 Å². The number of halogens is 2. The molecule has 0 aliphatic rings. The van der Waals surface area contributed by atoms with Gasteiger partial charge in [-0.15, -0.1) is 0 Å². The van der Waals surface area contributed by atoms with Gasteiger partial charge < -0.3 is 10.1 Å². The Morgan fingerprint density at radius 1 is 0.971 bits per heavy atom. The Bertz CT molecular complexity index is 1290. The molecule has 0 bridgehead atoms. The van der Waals surface area contributed by atoms with E-state index < -0.39 is 34.3 Å². The van der Waals surface area contributed by atoms with Gasteiger partial charge in [-0.1, -0.05) is 24.3 Å². The largest absolute Gasteiger partial charge is 0.452 e. The topological polar surface area (TPSA) is 102 Å². The van der Waals surface area contributed by atoms with Gasteiger partial charge in [0.2, 0.25) is 0 Å². The van der Waals surface area contributed by atoms with Crippen LogP contribution in [-0.2, 0) is 26.0 Å². The van der Waals surface area contributed by atoms with Crippen LogP contribution in [0.1, 0.15) is 21.5 Å². The molecule has 0 saturated heterocycles. The van der Waals surface area contributed by atoms with Crippen LogP contribution in [0.15, 0.2) is 71.6 Å². The number of para-hydroxylation sites is 1. The minimum atomic E-state index is -4.11. The van der Waals surface area contributed by atoms with E-state index in [0.29, 0.717) is 6.42 Å². The van der Waals surface area contributed by atoms with Gasteiger partial charge in [-0.25, -0.2) is 22.0 Å². The third-order valence-electron chi connectivity index (χ3n) is 4.81. The monoisotopic (exact) mass is 488 g/mol. The fourth-order valence-corrected chi connectivity index (χ4v) is 4.16. The first kappa shape index (κ1) is 24.8. The molecule has 0 spiro atoms. The maximum Gasteiger partial charge on any atom is 0.340 e. The first-order chi connectivity index (χ1) is 16.2. The molecule has 178 valence electrons. The number of ether oxygens (including phenoxy) is 1. The van der Waals surface area contributed by atoms with Crippen molar-refractivity contribution < 1.29 is 31.5 Å². The van der Waals surface area contributed by atoms with Crippen molar-refractivity contribution in [2.24, 2.45) is 0 Å². The van der Waals surface area contributed by atoms with E-state index in [-0.39, 0.29) is 34.1 Å². The Labute approximate surface area is 195 Å². The zero-order valence-corrected chi connectivity index (χ0v) is 19.0. The Morgan fingerprint density at radius 2 is 1.68 bits per heavy atom. The fourth-order valence-electron chi connectivity index (χ4n) is 3.00. The molecular formula is C24H22F2N2O5S. The van der Waals surface area contributed by atoms with Crippen LogP contribution >= 0.6 is 0 Å². The molecule has 3 aromatic carbocycles. The number of benzene rings is 3. The van der Waals surface area contributed by atoms with E-state index in [1.54, 1.807) is 12.1 Å². The van der Waals surface area contributed by atoms with Crippen molar-refractivity contribution in [2.75, 3.05) is 17.9 Å². The Balaban J connectivity index is 1.58. The third-order valence-corrected chi connectivity index (χ3v) is 6.18. The van der Waals surface area contributed by atoms with E-state index in [1.807, 2.05) is 0 Å². The summed E-state index contributed by atoms with van der Waals surface area (Å²) in [5.74, 6) is -2.34. The van der Waals surface area contributed by atoms with Gasteiger partial charge in [-0.2, -0.15) is 0 Å². The van der Waals surface area contributed by atoms with Gasteiger partial charge >= 0.3 is 5.97 Å². The molecule has 0 unspecified atom stereocenters. The Morgan fingerprint density at radius 3 is 2.38 bits per heavy atom. The number of hydrogen-bond donors (Lipinski definition) is 2. The molecule has 10 heteroatoms. The molecular weight excluding hydrogens is 466 g/mol. The molecule has 0 aliphatic heterocycles. The minimum absolute atomic E-state index is 0.0498. The lowest BCUT2D eigenvalue weighted by molar-refractivity contribution is -0.124. The van der Waals surface area contributed by atoms with Crippen molar-refractivity contribution in [3.8, 4) is 0 Å². The quantitative estimate of drug-likeness (QED) is 0.449. The van der Waals surface area contributed by atoms with Crippen molar-refractivity contribution in [3.05, 3.63) is 95.1 Å². The van der Waals surface area contributed by atoms with Crippen LogP contribution < -0.4 is 10.0 Å². The number of carbonyl (C=O) groups is 2. The number of amides is 1. The van der Waals surface area contributed by atoms with Crippen LogP contribution in [0.3, 0.4) is 0 Å². The molecule has 34 heavy (non-hydrogen) atoms. The highest BCUT2D eigenvalue weighted by atomic mass is 32.2. The molecule has 1 amide bonds. The number of esters is 1. The summed E-state index contributed by atoms with van der Waals surface area (Å²) in [5.41, 5.74) is 0.840. The number of aryl methyl sites for hydroxylation is 1. The average Bonchev–Trinajstić information content (AvgIpc) is 2.80. The minimum Gasteiger partial charge on any atom is -0.452 e. The van der Waals surface area contributed by atoms with Gasteiger partial charge in [0.25, 0.3) is 15.9 Å². The summed E-state index contributed by atoms with van der Waals surface area (Å²) in [7, 11) is -4.11. The molecule has 0 fully saturated rings. The van der Waals surface area contributed by atoms with Crippen molar-refractivity contribution in [1.29, 1.82) is 0 Å². The normalized spacial score (nSPS) is 11.0. The highest BCUT2D eigenvalue weighted by Crippen LogP contribution is 2.22. The second-order valence-corrected chi connectivity index (χ2v) is 9.05. The highest BCUT2D eigenvalue weighted by molar-refractivity contribution is 7.92. The number of rotatable bonds is 9. The smallest absolute Gasteiger partial charge is 0.340 e. The second kappa shape index (κ2) is 10.9. The highest BCUT2D eigenvalue weighted by Gasteiger charge is 2.20. The Hall–Kier alpha value is -3.79. The van der Waals surface area contributed by atoms with Gasteiger partial charge in [-0.05, 0) is 66.9 Å². The summed E-state index contributed by atoms with van der Waals surface area (Å²) in [6, 6.07) is 14.9. The predicted octanol–water partition coefficient (Wildman–Crippen LogP) is 3.59. The average molecular weight is 489 g/mol. The summed E-state index contributed by atoms with van der Waals surface area (Å²) >= 11 is 0. The Kier molecular flexibility index (Phi) is 7.95. The lowest BCUT2D eigenvalue weighted by Gasteiger charge is -2.13. The number of nitrogens with one attached hydrogen (secondary N) is 2. The maximum atomic E-state index is 13.5. The summed E-state index contributed by atoms with van der Waals surface area (Å²) in [6.45, 7) is 1.13. The molecule has 7 nitrogen and oxygen atoms in total. The van der Waals surface area contributed by atoms with Gasteiger partial charge in [0.1, 0.15) is 11.6 Å². The number of carbonyl (C=O) groups excluding carboxylic acids is 2. The van der Waals surface area contributed by atoms with Crippen LogP contribution in [0.2, 0.25) is 0 Å². The summed E-state index contributed by atoms with van der Waals surface area (Å²) < 4.78 is 59.1. The summed E-state index contributed by atoms with van der Waals surface area (Å²) in [5, 5.41) is 2.58. The van der Waals surface area contributed by atoms with Gasteiger partial charge in [0, 0.05) is 6.54 Å². The van der Waals surface area contributed by atoms with Crippen molar-refractivity contribution in [2.45, 2.75) is 18.2 Å². The molecule has 0 atom stereocenters. The lowest BCUT2D eigenvalue weighted by atomic mass is 10.1. The van der Waals surface area contributed by atoms with E-state index in [0.717, 1.165) is 17.7 Å². The van der Waals surface area contributed by atoms with E-state index >= 15 is 0 Å². The first-order valence-corrected chi connectivity index (χ1v) is 11.7. The molecule has 3 rings (SSSR count). The zero-order valence-electron chi connectivity index (χ0n) is 18.2. The SMILES string of the molecule is Cc1cc(S(=O)(=O)Nc2ccccc2C(=O)OCC(=O)NCCc2ccc(F)cc2)ccc1F. The second-order valence-electron chi connectivity index (χ2n) is 7.36. The van der Waals surface area contributed by atoms with Crippen LogP contribution in [0.5, 0.6) is 0 Å². The van der Waals surface area contributed by atoms with E-state index in [2.05, 4.69) is 10.0 Å². The van der Waals surface area contributed by atoms with Crippen molar-refractivity contribution >= 4 is 27.6 Å². The van der Waals surface area contributed by atoms with Crippen LogP contribution in [0.25, 0.3) is 0 Å². The zero-order chi connectivity index (χ0) is 24.7. The molecule has 0 radical (unpaired) electrons. The fraction of sp³-hybridized carbons (Fsp3) is 0.167. The number of hydrogen-bond acceptors (Lipinski definition) is 5. The summed E-state index contributed by atoms with van der Waals surface area (Å²) in [4.78, 5) is 24.3. The molecule has 0 aliphatic carbocycles. The molecule has 0 saturated carbocycles. The van der Waals surface area contributed by atoms with Crippen LogP contribution in [0.4, 0.5) is 14.5 Å². The van der Waals surface area contributed by atoms with Crippen LogP contribution in [-0.4, -0.2) is 33.4 Å². The number of sulfonamides is 1. The van der Waals surface area contributed by atoms with E-state index in [4.69, 9.17) is 4.74 Å². The standard InChI is InChI=1S/C24H22F2N2O5S/c1-16-14-19(10-11-21(16)26)34(31,32)28-22-5-3-2-4-20(22)24(30)33-15-23(29)27-13-12-17-6-8-18(25)9-7-17/h2-11,14,28H,12-13,15H2,1H3,(H,27,29). The molecule has 3 aromatic rings. The maximum absolute atomic E-state index is 13.5. The van der Waals surface area contributed by atoms with Gasteiger partial charge in [0.15, 0.2) is 6.61 Å². The third kappa shape index (κ3) is 6.61. The summed E-state index contributed by atoms with van der Waals surface area (Å²) in [6.07, 6.45) is 0.466. The van der Waals surface area contributed by atoms with Gasteiger partial charge in [-0.3, -0.25) is 9.52 Å². The number of anilines is 1. The lowest BCUT2D eigenvalue weighted by Crippen LogP contribution is -2.30.